The van der Waals surface area contributed by atoms with Crippen molar-refractivity contribution in [2.24, 2.45) is 0 Å². The first kappa shape index (κ1) is 17.8. The molecule has 0 bridgehead atoms. The molecule has 1 aliphatic rings. The first-order valence-electron chi connectivity index (χ1n) is 8.01. The van der Waals surface area contributed by atoms with Crippen LogP contribution in [0, 0.1) is 6.92 Å². The number of hydrogen-bond acceptors (Lipinski definition) is 5. The Morgan fingerprint density at radius 2 is 1.76 bits per heavy atom. The van der Waals surface area contributed by atoms with Gasteiger partial charge in [-0.25, -0.2) is 9.97 Å². The second kappa shape index (κ2) is 7.45. The van der Waals surface area contributed by atoms with Gasteiger partial charge in [0, 0.05) is 39.2 Å². The highest BCUT2D eigenvalue weighted by molar-refractivity contribution is 6.39. The van der Waals surface area contributed by atoms with Crippen LogP contribution in [0.4, 0.5) is 17.3 Å². The minimum atomic E-state index is 0.106. The van der Waals surface area contributed by atoms with Crippen LogP contribution >= 0.6 is 23.2 Å². The van der Waals surface area contributed by atoms with Crippen LogP contribution in [0.25, 0.3) is 0 Å². The van der Waals surface area contributed by atoms with Crippen molar-refractivity contribution in [3.8, 4) is 0 Å². The third-order valence-corrected chi connectivity index (χ3v) is 4.72. The third kappa shape index (κ3) is 4.14. The molecule has 1 aromatic heterocycles. The smallest absolute Gasteiger partial charge is 0.219 e. The molecule has 0 radical (unpaired) electrons. The molecule has 25 heavy (non-hydrogen) atoms. The Hall–Kier alpha value is -2.05. The topological polar surface area (TPSA) is 61.4 Å². The Balaban J connectivity index is 1.81. The van der Waals surface area contributed by atoms with Crippen LogP contribution in [-0.2, 0) is 4.79 Å². The Kier molecular flexibility index (Phi) is 5.30. The Morgan fingerprint density at radius 3 is 2.36 bits per heavy atom. The molecule has 0 spiro atoms. The van der Waals surface area contributed by atoms with Crippen molar-refractivity contribution in [2.75, 3.05) is 36.4 Å². The van der Waals surface area contributed by atoms with Crippen LogP contribution in [0.3, 0.4) is 0 Å². The van der Waals surface area contributed by atoms with Crippen LogP contribution in [0.2, 0.25) is 10.0 Å². The number of para-hydroxylation sites is 1. The maximum atomic E-state index is 11.5. The summed E-state index contributed by atoms with van der Waals surface area (Å²) in [7, 11) is 0. The molecule has 0 aliphatic carbocycles. The fourth-order valence-electron chi connectivity index (χ4n) is 2.77. The molecule has 2 aromatic rings. The molecule has 6 nitrogen and oxygen atoms in total. The number of halogens is 2. The van der Waals surface area contributed by atoms with Crippen molar-refractivity contribution in [1.29, 1.82) is 0 Å². The summed E-state index contributed by atoms with van der Waals surface area (Å²) in [6.45, 7) is 6.30. The number of nitrogens with zero attached hydrogens (tertiary/aromatic N) is 4. The Bertz CT molecular complexity index is 770. The van der Waals surface area contributed by atoms with E-state index in [4.69, 9.17) is 23.2 Å². The van der Waals surface area contributed by atoms with E-state index in [1.54, 1.807) is 25.1 Å². The number of rotatable bonds is 3. The van der Waals surface area contributed by atoms with E-state index in [1.165, 1.54) is 0 Å². The van der Waals surface area contributed by atoms with Gasteiger partial charge in [-0.05, 0) is 19.1 Å². The maximum Gasteiger partial charge on any atom is 0.219 e. The van der Waals surface area contributed by atoms with Gasteiger partial charge < -0.3 is 15.1 Å². The molecular formula is C17H19Cl2N5O. The number of aryl methyl sites for hydroxylation is 1. The first-order chi connectivity index (χ1) is 11.9. The molecule has 1 aliphatic heterocycles. The van der Waals surface area contributed by atoms with Gasteiger partial charge in [0.1, 0.15) is 17.5 Å². The second-order valence-corrected chi connectivity index (χ2v) is 6.69. The number of carbonyl (C=O) groups is 1. The summed E-state index contributed by atoms with van der Waals surface area (Å²) in [6, 6.07) is 7.20. The van der Waals surface area contributed by atoms with Gasteiger partial charge in [-0.2, -0.15) is 0 Å². The molecule has 1 fully saturated rings. The molecule has 2 heterocycles. The first-order valence-corrected chi connectivity index (χ1v) is 8.77. The normalized spacial score (nSPS) is 14.6. The lowest BCUT2D eigenvalue weighted by atomic mass is 10.3. The average Bonchev–Trinajstić information content (AvgIpc) is 2.58. The highest BCUT2D eigenvalue weighted by atomic mass is 35.5. The van der Waals surface area contributed by atoms with E-state index in [0.717, 1.165) is 18.9 Å². The zero-order valence-corrected chi connectivity index (χ0v) is 15.6. The summed E-state index contributed by atoms with van der Waals surface area (Å²) in [5.74, 6) is 2.21. The quantitative estimate of drug-likeness (QED) is 0.883. The van der Waals surface area contributed by atoms with E-state index >= 15 is 0 Å². The summed E-state index contributed by atoms with van der Waals surface area (Å²) < 4.78 is 0. The van der Waals surface area contributed by atoms with Crippen molar-refractivity contribution in [3.05, 3.63) is 40.1 Å². The minimum Gasteiger partial charge on any atom is -0.353 e. The van der Waals surface area contributed by atoms with Gasteiger partial charge in [0.05, 0.1) is 15.7 Å². The number of amides is 1. The number of anilines is 3. The van der Waals surface area contributed by atoms with E-state index < -0.39 is 0 Å². The molecule has 1 amide bonds. The summed E-state index contributed by atoms with van der Waals surface area (Å²) in [6.07, 6.45) is 0. The van der Waals surface area contributed by atoms with E-state index in [9.17, 15) is 4.79 Å². The van der Waals surface area contributed by atoms with Crippen molar-refractivity contribution in [3.63, 3.8) is 0 Å². The van der Waals surface area contributed by atoms with Gasteiger partial charge in [0.2, 0.25) is 5.91 Å². The van der Waals surface area contributed by atoms with Gasteiger partial charge >= 0.3 is 0 Å². The lowest BCUT2D eigenvalue weighted by Gasteiger charge is -2.35. The number of hydrogen-bond donors (Lipinski definition) is 1. The predicted molar refractivity (Wildman–Crippen MR) is 101 cm³/mol. The van der Waals surface area contributed by atoms with Crippen LogP contribution in [0.15, 0.2) is 24.3 Å². The van der Waals surface area contributed by atoms with E-state index in [0.29, 0.717) is 40.5 Å². The molecular weight excluding hydrogens is 361 g/mol. The lowest BCUT2D eigenvalue weighted by Crippen LogP contribution is -2.48. The standard InChI is InChI=1S/C17H19Cl2N5O/c1-11-20-15(22-17-13(18)4-3-5-14(17)19)10-16(21-11)24-8-6-23(7-9-24)12(2)25/h3-5,10H,6-9H2,1-2H3,(H,20,21,22). The number of nitrogens with one attached hydrogen (secondary N) is 1. The monoisotopic (exact) mass is 379 g/mol. The summed E-state index contributed by atoms with van der Waals surface area (Å²) >= 11 is 12.4. The van der Waals surface area contributed by atoms with Crippen molar-refractivity contribution in [2.45, 2.75) is 13.8 Å². The zero-order chi connectivity index (χ0) is 18.0. The van der Waals surface area contributed by atoms with Crippen LogP contribution in [0.5, 0.6) is 0 Å². The minimum absolute atomic E-state index is 0.106. The fourth-order valence-corrected chi connectivity index (χ4v) is 3.27. The fraction of sp³-hybridized carbons (Fsp3) is 0.353. The van der Waals surface area contributed by atoms with Crippen molar-refractivity contribution < 1.29 is 4.79 Å². The molecule has 132 valence electrons. The predicted octanol–water partition coefficient (Wildman–Crippen LogP) is 3.50. The number of benzene rings is 1. The highest BCUT2D eigenvalue weighted by Gasteiger charge is 2.20. The molecule has 0 atom stereocenters. The van der Waals surface area contributed by atoms with E-state index in [-0.39, 0.29) is 5.91 Å². The largest absolute Gasteiger partial charge is 0.353 e. The summed E-state index contributed by atoms with van der Waals surface area (Å²) in [5.41, 5.74) is 0.622. The molecule has 0 unspecified atom stereocenters. The van der Waals surface area contributed by atoms with E-state index in [1.807, 2.05) is 17.9 Å². The molecule has 1 saturated heterocycles. The Labute approximate surface area is 156 Å². The van der Waals surface area contributed by atoms with Crippen molar-refractivity contribution in [1.82, 2.24) is 14.9 Å². The molecule has 0 saturated carbocycles. The summed E-state index contributed by atoms with van der Waals surface area (Å²) in [4.78, 5) is 24.4. The van der Waals surface area contributed by atoms with Crippen LogP contribution < -0.4 is 10.2 Å². The van der Waals surface area contributed by atoms with Crippen LogP contribution in [0.1, 0.15) is 12.7 Å². The average molecular weight is 380 g/mol. The zero-order valence-electron chi connectivity index (χ0n) is 14.1. The molecule has 3 rings (SSSR count). The van der Waals surface area contributed by atoms with Gasteiger partial charge in [0.25, 0.3) is 0 Å². The number of piperazine rings is 1. The second-order valence-electron chi connectivity index (χ2n) is 5.87. The summed E-state index contributed by atoms with van der Waals surface area (Å²) in [5, 5.41) is 4.24. The van der Waals surface area contributed by atoms with Gasteiger partial charge in [0.15, 0.2) is 0 Å². The Morgan fingerprint density at radius 1 is 1.12 bits per heavy atom. The van der Waals surface area contributed by atoms with E-state index in [2.05, 4.69) is 20.2 Å². The lowest BCUT2D eigenvalue weighted by molar-refractivity contribution is -0.129. The van der Waals surface area contributed by atoms with Gasteiger partial charge in [-0.1, -0.05) is 29.3 Å². The van der Waals surface area contributed by atoms with Crippen LogP contribution in [-0.4, -0.2) is 47.0 Å². The highest BCUT2D eigenvalue weighted by Crippen LogP contribution is 2.32. The third-order valence-electron chi connectivity index (χ3n) is 4.09. The maximum absolute atomic E-state index is 11.5. The van der Waals surface area contributed by atoms with Crippen molar-refractivity contribution >= 4 is 46.4 Å². The molecule has 1 N–H and O–H groups in total. The van der Waals surface area contributed by atoms with Gasteiger partial charge in [-0.3, -0.25) is 4.79 Å². The molecule has 1 aromatic carbocycles. The number of aromatic nitrogens is 2. The van der Waals surface area contributed by atoms with Gasteiger partial charge in [-0.15, -0.1) is 0 Å². The molecule has 8 heteroatoms. The SMILES string of the molecule is CC(=O)N1CCN(c2cc(Nc3c(Cl)cccc3Cl)nc(C)n2)CC1. The number of carbonyl (C=O) groups excluding carboxylic acids is 1.